The molecule has 0 aromatic carbocycles. The summed E-state index contributed by atoms with van der Waals surface area (Å²) in [5.41, 5.74) is 5.55. The average molecular weight is 402 g/mol. The molecule has 0 saturated carbocycles. The minimum absolute atomic E-state index is 0. The Hall–Kier alpha value is -0.350. The number of imidazole rings is 1. The Morgan fingerprint density at radius 1 is 0.792 bits per heavy atom. The summed E-state index contributed by atoms with van der Waals surface area (Å²) >= 11 is 0. The highest BCUT2D eigenvalue weighted by atomic mass is 79.9. The third-order valence-corrected chi connectivity index (χ3v) is 4.64. The molecule has 0 radical (unpaired) electrons. The third-order valence-electron chi connectivity index (χ3n) is 4.64. The van der Waals surface area contributed by atoms with E-state index in [0.29, 0.717) is 0 Å². The predicted octanol–water partition coefficient (Wildman–Crippen LogP) is 1.83. The van der Waals surface area contributed by atoms with E-state index in [1.807, 2.05) is 0 Å². The van der Waals surface area contributed by atoms with Crippen molar-refractivity contribution in [2.75, 3.05) is 6.54 Å². The molecule has 0 unspecified atom stereocenters. The number of hydrogen-bond acceptors (Lipinski definition) is 1. The van der Waals surface area contributed by atoms with Gasteiger partial charge in [-0.05, 0) is 25.8 Å². The minimum Gasteiger partial charge on any atom is -1.00 e. The summed E-state index contributed by atoms with van der Waals surface area (Å²) in [7, 11) is 0. The Morgan fingerprint density at radius 2 is 1.33 bits per heavy atom. The molecule has 0 bridgehead atoms. The summed E-state index contributed by atoms with van der Waals surface area (Å²) in [6, 6.07) is 0. The van der Waals surface area contributed by atoms with Crippen LogP contribution in [0.2, 0.25) is 0 Å². The molecule has 0 amide bonds. The summed E-state index contributed by atoms with van der Waals surface area (Å²) in [5, 5.41) is 0. The van der Waals surface area contributed by atoms with Crippen molar-refractivity contribution in [3.63, 3.8) is 0 Å². The van der Waals surface area contributed by atoms with Crippen molar-refractivity contribution in [2.45, 2.75) is 103 Å². The van der Waals surface area contributed by atoms with Crippen LogP contribution < -0.4 is 27.3 Å². The topological polar surface area (TPSA) is 34.8 Å². The normalized spacial score (nSPS) is 10.8. The van der Waals surface area contributed by atoms with Gasteiger partial charge in [0.05, 0.1) is 13.1 Å². The Kier molecular flexibility index (Phi) is 17.2. The first-order valence-electron chi connectivity index (χ1n) is 10.1. The fourth-order valence-corrected chi connectivity index (χ4v) is 3.11. The number of unbranched alkanes of at least 4 members (excludes halogenated alkanes) is 11. The molecule has 142 valence electrons. The lowest BCUT2D eigenvalue weighted by Crippen LogP contribution is -3.00. The van der Waals surface area contributed by atoms with Crippen molar-refractivity contribution in [2.24, 2.45) is 5.73 Å². The fraction of sp³-hybridized carbons (Fsp3) is 0.850. The molecule has 0 aliphatic carbocycles. The second-order valence-corrected chi connectivity index (χ2v) is 6.92. The van der Waals surface area contributed by atoms with Gasteiger partial charge < -0.3 is 22.7 Å². The van der Waals surface area contributed by atoms with Crippen LogP contribution in [0.15, 0.2) is 18.7 Å². The van der Waals surface area contributed by atoms with Gasteiger partial charge in [0.1, 0.15) is 12.4 Å². The van der Waals surface area contributed by atoms with Crippen molar-refractivity contribution in [1.82, 2.24) is 4.57 Å². The molecule has 4 heteroatoms. The number of halogens is 1. The number of aryl methyl sites for hydroxylation is 2. The van der Waals surface area contributed by atoms with Gasteiger partial charge in [-0.2, -0.15) is 0 Å². The molecule has 2 N–H and O–H groups in total. The van der Waals surface area contributed by atoms with E-state index in [9.17, 15) is 0 Å². The molecule has 0 aliphatic heterocycles. The zero-order valence-electron chi connectivity index (χ0n) is 15.9. The van der Waals surface area contributed by atoms with E-state index in [1.54, 1.807) is 0 Å². The predicted molar refractivity (Wildman–Crippen MR) is 99.4 cm³/mol. The highest BCUT2D eigenvalue weighted by Gasteiger charge is 2.02. The van der Waals surface area contributed by atoms with Gasteiger partial charge in [-0.1, -0.05) is 71.1 Å². The van der Waals surface area contributed by atoms with E-state index in [1.165, 1.54) is 77.0 Å². The van der Waals surface area contributed by atoms with Gasteiger partial charge in [-0.25, -0.2) is 9.13 Å². The SMILES string of the molecule is CCCCCCCCCCCCCCn1cc[n+](CCCN)c1.[Br-]. The van der Waals surface area contributed by atoms with Crippen LogP contribution in [-0.2, 0) is 13.1 Å². The van der Waals surface area contributed by atoms with Crippen molar-refractivity contribution in [3.05, 3.63) is 18.7 Å². The number of rotatable bonds is 16. The second-order valence-electron chi connectivity index (χ2n) is 6.92. The molecule has 0 atom stereocenters. The van der Waals surface area contributed by atoms with Crippen LogP contribution in [0.3, 0.4) is 0 Å². The van der Waals surface area contributed by atoms with Gasteiger partial charge in [0, 0.05) is 0 Å². The van der Waals surface area contributed by atoms with E-state index in [0.717, 1.165) is 26.1 Å². The molecule has 1 rings (SSSR count). The Bertz CT molecular complexity index is 366. The van der Waals surface area contributed by atoms with Gasteiger partial charge in [0.25, 0.3) is 0 Å². The van der Waals surface area contributed by atoms with E-state index in [-0.39, 0.29) is 17.0 Å². The molecule has 0 saturated heterocycles. The number of aromatic nitrogens is 2. The summed E-state index contributed by atoms with van der Waals surface area (Å²) in [6.07, 6.45) is 24.6. The van der Waals surface area contributed by atoms with E-state index < -0.39 is 0 Å². The molecule has 24 heavy (non-hydrogen) atoms. The van der Waals surface area contributed by atoms with Crippen LogP contribution in [0.4, 0.5) is 0 Å². The van der Waals surface area contributed by atoms with Crippen molar-refractivity contribution in [1.29, 1.82) is 0 Å². The van der Waals surface area contributed by atoms with Crippen LogP contribution in [0.5, 0.6) is 0 Å². The molecular formula is C20H40BrN3. The molecule has 0 aliphatic rings. The lowest BCUT2D eigenvalue weighted by Gasteiger charge is -2.02. The first-order chi connectivity index (χ1) is 11.4. The molecule has 1 heterocycles. The average Bonchev–Trinajstić information content (AvgIpc) is 3.02. The van der Waals surface area contributed by atoms with Gasteiger partial charge in [-0.3, -0.25) is 0 Å². The standard InChI is InChI=1S/C20H40N3.BrH/c1-2-3-4-5-6-7-8-9-10-11-12-13-16-22-18-19-23(20-22)17-14-15-21;/h18-20H,2-17,21H2,1H3;1H/q+1;/p-1. The summed E-state index contributed by atoms with van der Waals surface area (Å²) in [5.74, 6) is 0. The molecule has 0 fully saturated rings. The lowest BCUT2D eigenvalue weighted by atomic mass is 10.1. The second kappa shape index (κ2) is 17.5. The van der Waals surface area contributed by atoms with Gasteiger partial charge in [0.2, 0.25) is 6.33 Å². The smallest absolute Gasteiger partial charge is 0.243 e. The number of hydrogen-bond donors (Lipinski definition) is 1. The molecule has 3 nitrogen and oxygen atoms in total. The third kappa shape index (κ3) is 13.0. The fourth-order valence-electron chi connectivity index (χ4n) is 3.11. The molecule has 0 spiro atoms. The number of nitrogens with two attached hydrogens (primary N) is 1. The van der Waals surface area contributed by atoms with Crippen LogP contribution in [0.1, 0.15) is 90.4 Å². The van der Waals surface area contributed by atoms with E-state index in [2.05, 4.69) is 34.8 Å². The first kappa shape index (κ1) is 23.6. The zero-order chi connectivity index (χ0) is 16.6. The van der Waals surface area contributed by atoms with Crippen molar-refractivity contribution >= 4 is 0 Å². The lowest BCUT2D eigenvalue weighted by molar-refractivity contribution is -0.696. The van der Waals surface area contributed by atoms with Crippen LogP contribution >= 0.6 is 0 Å². The Balaban J connectivity index is 0.00000529. The van der Waals surface area contributed by atoms with Crippen LogP contribution in [-0.4, -0.2) is 11.1 Å². The molecular weight excluding hydrogens is 362 g/mol. The summed E-state index contributed by atoms with van der Waals surface area (Å²) < 4.78 is 4.56. The first-order valence-corrected chi connectivity index (χ1v) is 10.1. The van der Waals surface area contributed by atoms with E-state index in [4.69, 9.17) is 5.73 Å². The maximum absolute atomic E-state index is 5.55. The van der Waals surface area contributed by atoms with Crippen molar-refractivity contribution in [3.8, 4) is 0 Å². The zero-order valence-corrected chi connectivity index (χ0v) is 17.5. The number of nitrogens with zero attached hydrogens (tertiary/aromatic N) is 2. The summed E-state index contributed by atoms with van der Waals surface area (Å²) in [6.45, 7) is 5.27. The van der Waals surface area contributed by atoms with E-state index >= 15 is 0 Å². The maximum atomic E-state index is 5.55. The van der Waals surface area contributed by atoms with Gasteiger partial charge in [-0.15, -0.1) is 0 Å². The molecule has 1 aromatic rings. The van der Waals surface area contributed by atoms with Crippen LogP contribution in [0.25, 0.3) is 0 Å². The minimum atomic E-state index is 0. The van der Waals surface area contributed by atoms with Gasteiger partial charge in [0.15, 0.2) is 0 Å². The largest absolute Gasteiger partial charge is 1.00 e. The maximum Gasteiger partial charge on any atom is 0.243 e. The van der Waals surface area contributed by atoms with Crippen molar-refractivity contribution < 1.29 is 21.5 Å². The Morgan fingerprint density at radius 3 is 1.88 bits per heavy atom. The Labute approximate surface area is 160 Å². The van der Waals surface area contributed by atoms with Gasteiger partial charge >= 0.3 is 0 Å². The highest BCUT2D eigenvalue weighted by Crippen LogP contribution is 2.12. The highest BCUT2D eigenvalue weighted by molar-refractivity contribution is 4.66. The monoisotopic (exact) mass is 401 g/mol. The quantitative estimate of drug-likeness (QED) is 0.332. The van der Waals surface area contributed by atoms with Crippen LogP contribution in [0, 0.1) is 0 Å². The molecule has 1 aromatic heterocycles. The summed E-state index contributed by atoms with van der Waals surface area (Å²) in [4.78, 5) is 0.